The first kappa shape index (κ1) is 15.0. The fraction of sp³-hybridized carbons (Fsp3) is 1.00. The Bertz CT molecular complexity index is 125. The van der Waals surface area contributed by atoms with E-state index in [9.17, 15) is 5.11 Å². The maximum atomic E-state index is 10.4. The maximum absolute atomic E-state index is 10.4. The highest BCUT2D eigenvalue weighted by molar-refractivity contribution is 4.77. The summed E-state index contributed by atoms with van der Waals surface area (Å²) in [6.07, 6.45) is 11.7. The van der Waals surface area contributed by atoms with Gasteiger partial charge in [0.2, 0.25) is 0 Å². The summed E-state index contributed by atoms with van der Waals surface area (Å²) in [5.74, 6) is 0. The maximum Gasteiger partial charge on any atom is 0.0647 e. The van der Waals surface area contributed by atoms with Crippen molar-refractivity contribution in [3.8, 4) is 0 Å². The summed E-state index contributed by atoms with van der Waals surface area (Å²) >= 11 is 0. The number of unbranched alkanes of at least 4 members (excludes halogenated alkanes) is 4. The molecular formula is C14H30O. The highest BCUT2D eigenvalue weighted by atomic mass is 16.3. The molecule has 0 aliphatic rings. The molecule has 15 heavy (non-hydrogen) atoms. The molecule has 1 N–H and O–H groups in total. The van der Waals surface area contributed by atoms with Crippen LogP contribution in [0, 0.1) is 0 Å². The van der Waals surface area contributed by atoms with E-state index in [1.54, 1.807) is 0 Å². The third kappa shape index (κ3) is 7.84. The van der Waals surface area contributed by atoms with E-state index >= 15 is 0 Å². The van der Waals surface area contributed by atoms with E-state index in [1.165, 1.54) is 32.1 Å². The number of hydrogen-bond donors (Lipinski definition) is 1. The van der Waals surface area contributed by atoms with Gasteiger partial charge in [0.15, 0.2) is 0 Å². The molecule has 0 bridgehead atoms. The van der Waals surface area contributed by atoms with Gasteiger partial charge in [-0.1, -0.05) is 65.7 Å². The van der Waals surface area contributed by atoms with Gasteiger partial charge in [-0.15, -0.1) is 0 Å². The van der Waals surface area contributed by atoms with Crippen LogP contribution in [0.2, 0.25) is 0 Å². The SMILES string of the molecule is CCCCCCCC(O)(CCC)CCC. The molecule has 0 saturated carbocycles. The molecule has 0 aromatic rings. The van der Waals surface area contributed by atoms with Crippen molar-refractivity contribution in [2.75, 3.05) is 0 Å². The van der Waals surface area contributed by atoms with Crippen LogP contribution >= 0.6 is 0 Å². The lowest BCUT2D eigenvalue weighted by atomic mass is 9.87. The Morgan fingerprint density at radius 2 is 1.20 bits per heavy atom. The summed E-state index contributed by atoms with van der Waals surface area (Å²) in [6, 6.07) is 0. The number of aliphatic hydroxyl groups is 1. The third-order valence-electron chi connectivity index (χ3n) is 3.18. The van der Waals surface area contributed by atoms with Crippen LogP contribution in [0.3, 0.4) is 0 Å². The largest absolute Gasteiger partial charge is 0.390 e. The second-order valence-corrected chi connectivity index (χ2v) is 4.89. The Morgan fingerprint density at radius 1 is 0.667 bits per heavy atom. The van der Waals surface area contributed by atoms with Crippen molar-refractivity contribution in [1.29, 1.82) is 0 Å². The van der Waals surface area contributed by atoms with Crippen LogP contribution in [0.25, 0.3) is 0 Å². The zero-order valence-electron chi connectivity index (χ0n) is 11.0. The van der Waals surface area contributed by atoms with Crippen molar-refractivity contribution in [3.63, 3.8) is 0 Å². The molecule has 0 spiro atoms. The Labute approximate surface area is 96.3 Å². The molecular weight excluding hydrogens is 184 g/mol. The van der Waals surface area contributed by atoms with Crippen LogP contribution in [-0.4, -0.2) is 10.7 Å². The molecule has 0 aliphatic heterocycles. The molecule has 0 aromatic carbocycles. The molecule has 0 saturated heterocycles. The average molecular weight is 214 g/mol. The Morgan fingerprint density at radius 3 is 1.67 bits per heavy atom. The average Bonchev–Trinajstić information content (AvgIpc) is 2.18. The van der Waals surface area contributed by atoms with Gasteiger partial charge in [0, 0.05) is 0 Å². The van der Waals surface area contributed by atoms with Gasteiger partial charge in [-0.2, -0.15) is 0 Å². The van der Waals surface area contributed by atoms with E-state index in [0.717, 1.165) is 32.1 Å². The third-order valence-corrected chi connectivity index (χ3v) is 3.18. The molecule has 1 heteroatoms. The second kappa shape index (κ2) is 9.21. The Balaban J connectivity index is 3.65. The van der Waals surface area contributed by atoms with Crippen LogP contribution in [0.15, 0.2) is 0 Å². The minimum Gasteiger partial charge on any atom is -0.390 e. The van der Waals surface area contributed by atoms with Crippen molar-refractivity contribution < 1.29 is 5.11 Å². The minimum absolute atomic E-state index is 0.351. The standard InChI is InChI=1S/C14H30O/c1-4-7-8-9-10-13-14(15,11-5-2)12-6-3/h15H,4-13H2,1-3H3. The fourth-order valence-electron chi connectivity index (χ4n) is 2.36. The summed E-state index contributed by atoms with van der Waals surface area (Å²) in [7, 11) is 0. The van der Waals surface area contributed by atoms with E-state index in [0.29, 0.717) is 0 Å². The first-order chi connectivity index (χ1) is 7.18. The predicted molar refractivity (Wildman–Crippen MR) is 68.1 cm³/mol. The summed E-state index contributed by atoms with van der Waals surface area (Å²) in [5.41, 5.74) is -0.351. The van der Waals surface area contributed by atoms with Gasteiger partial charge >= 0.3 is 0 Å². The molecule has 0 amide bonds. The summed E-state index contributed by atoms with van der Waals surface area (Å²) in [6.45, 7) is 6.57. The predicted octanol–water partition coefficient (Wildman–Crippen LogP) is 4.68. The van der Waals surface area contributed by atoms with Gasteiger partial charge in [-0.25, -0.2) is 0 Å². The monoisotopic (exact) mass is 214 g/mol. The van der Waals surface area contributed by atoms with Crippen molar-refractivity contribution >= 4 is 0 Å². The van der Waals surface area contributed by atoms with Gasteiger partial charge in [-0.05, 0) is 19.3 Å². The van der Waals surface area contributed by atoms with Crippen molar-refractivity contribution in [2.45, 2.75) is 90.6 Å². The quantitative estimate of drug-likeness (QED) is 0.524. The summed E-state index contributed by atoms with van der Waals surface area (Å²) in [4.78, 5) is 0. The van der Waals surface area contributed by atoms with Crippen molar-refractivity contribution in [1.82, 2.24) is 0 Å². The van der Waals surface area contributed by atoms with Gasteiger partial charge in [0.25, 0.3) is 0 Å². The van der Waals surface area contributed by atoms with Gasteiger partial charge in [0.1, 0.15) is 0 Å². The molecule has 0 aromatic heterocycles. The topological polar surface area (TPSA) is 20.2 Å². The highest BCUT2D eigenvalue weighted by Gasteiger charge is 2.23. The minimum atomic E-state index is -0.351. The molecule has 0 rings (SSSR count). The van der Waals surface area contributed by atoms with Crippen molar-refractivity contribution in [3.05, 3.63) is 0 Å². The van der Waals surface area contributed by atoms with Crippen LogP contribution in [0.4, 0.5) is 0 Å². The summed E-state index contributed by atoms with van der Waals surface area (Å²) < 4.78 is 0. The summed E-state index contributed by atoms with van der Waals surface area (Å²) in [5, 5.41) is 10.4. The normalized spacial score (nSPS) is 12.0. The molecule has 1 nitrogen and oxygen atoms in total. The van der Waals surface area contributed by atoms with Gasteiger partial charge < -0.3 is 5.11 Å². The Hall–Kier alpha value is -0.0400. The van der Waals surface area contributed by atoms with E-state index in [-0.39, 0.29) is 5.60 Å². The molecule has 0 unspecified atom stereocenters. The first-order valence-electron chi connectivity index (χ1n) is 6.91. The van der Waals surface area contributed by atoms with E-state index in [1.807, 2.05) is 0 Å². The van der Waals surface area contributed by atoms with E-state index in [2.05, 4.69) is 20.8 Å². The van der Waals surface area contributed by atoms with Crippen LogP contribution in [0.1, 0.15) is 85.0 Å². The Kier molecular flexibility index (Phi) is 9.18. The molecule has 0 heterocycles. The molecule has 0 aliphatic carbocycles. The number of hydrogen-bond acceptors (Lipinski definition) is 1. The number of rotatable bonds is 10. The van der Waals surface area contributed by atoms with Gasteiger partial charge in [-0.3, -0.25) is 0 Å². The molecule has 92 valence electrons. The zero-order chi connectivity index (χ0) is 11.6. The second-order valence-electron chi connectivity index (χ2n) is 4.89. The van der Waals surface area contributed by atoms with E-state index in [4.69, 9.17) is 0 Å². The highest BCUT2D eigenvalue weighted by Crippen LogP contribution is 2.26. The molecule has 0 radical (unpaired) electrons. The zero-order valence-corrected chi connectivity index (χ0v) is 11.0. The van der Waals surface area contributed by atoms with Crippen molar-refractivity contribution in [2.24, 2.45) is 0 Å². The van der Waals surface area contributed by atoms with Crippen LogP contribution in [0.5, 0.6) is 0 Å². The molecule has 0 fully saturated rings. The lowest BCUT2D eigenvalue weighted by Gasteiger charge is -2.27. The van der Waals surface area contributed by atoms with Crippen LogP contribution in [-0.2, 0) is 0 Å². The van der Waals surface area contributed by atoms with Gasteiger partial charge in [0.05, 0.1) is 5.60 Å². The first-order valence-corrected chi connectivity index (χ1v) is 6.91. The lowest BCUT2D eigenvalue weighted by Crippen LogP contribution is -2.28. The molecule has 0 atom stereocenters. The van der Waals surface area contributed by atoms with Crippen LogP contribution < -0.4 is 0 Å². The lowest BCUT2D eigenvalue weighted by molar-refractivity contribution is 0.0105. The fourth-order valence-corrected chi connectivity index (χ4v) is 2.36. The smallest absolute Gasteiger partial charge is 0.0647 e. The van der Waals surface area contributed by atoms with E-state index < -0.39 is 0 Å².